The number of rotatable bonds is 13. The monoisotopic (exact) mass is 570 g/mol. The molecule has 1 heterocycles. The van der Waals surface area contributed by atoms with Crippen molar-refractivity contribution in [2.45, 2.75) is 12.5 Å². The molecule has 0 fully saturated rings. The zero-order chi connectivity index (χ0) is 26.5. The number of ketones is 1. The topological polar surface area (TPSA) is 189 Å². The molecule has 15 nitrogen and oxygen atoms in total. The second-order valence-corrected chi connectivity index (χ2v) is 9.61. The second-order valence-electron chi connectivity index (χ2n) is 6.54. The maximum absolute atomic E-state index is 12.8. The quantitative estimate of drug-likeness (QED) is 0.158. The van der Waals surface area contributed by atoms with Gasteiger partial charge in [-0.15, -0.1) is 0 Å². The number of hydrogen-bond donors (Lipinski definition) is 1. The highest BCUT2D eigenvalue weighted by Crippen LogP contribution is 2.41. The van der Waals surface area contributed by atoms with Gasteiger partial charge in [0.05, 0.1) is 21.3 Å². The van der Waals surface area contributed by atoms with Gasteiger partial charge in [-0.1, -0.05) is 15.4 Å². The van der Waals surface area contributed by atoms with E-state index in [9.17, 15) is 26.7 Å². The first kappa shape index (κ1) is 27.7. The van der Waals surface area contributed by atoms with Crippen molar-refractivity contribution in [1.82, 2.24) is 0 Å². The average molecular weight is 571 g/mol. The molecule has 1 unspecified atom stereocenters. The molecule has 0 saturated heterocycles. The lowest BCUT2D eigenvalue weighted by atomic mass is 10.0. The van der Waals surface area contributed by atoms with Crippen LogP contribution in [0.25, 0.3) is 0 Å². The lowest BCUT2D eigenvalue weighted by molar-refractivity contribution is -0.448. The summed E-state index contributed by atoms with van der Waals surface area (Å²) in [6.45, 7) is 0. The van der Waals surface area contributed by atoms with Gasteiger partial charge in [0.1, 0.15) is 22.8 Å². The molecular formula is C18H18O15S3. The Morgan fingerprint density at radius 3 is 2.28 bits per heavy atom. The average Bonchev–Trinajstić information content (AvgIpc) is 3.13. The molecule has 1 N–H and O–H groups in total. The Morgan fingerprint density at radius 1 is 0.972 bits per heavy atom. The largest absolute Gasteiger partial charge is 0.507 e. The van der Waals surface area contributed by atoms with Crippen LogP contribution >= 0.6 is 12.3 Å². The predicted octanol–water partition coefficient (Wildman–Crippen LogP) is 1.57. The number of Topliss-reactive ketones (excluding diaryl/α,β-unsaturated/α-hetero) is 1. The Bertz CT molecular complexity index is 1320. The molecule has 0 saturated carbocycles. The summed E-state index contributed by atoms with van der Waals surface area (Å²) < 4.78 is 79.8. The zero-order valence-corrected chi connectivity index (χ0v) is 21.0. The number of carbonyl (C=O) groups excluding carboxylic acids is 1. The first-order chi connectivity index (χ1) is 17.0. The van der Waals surface area contributed by atoms with Crippen LogP contribution in [-0.2, 0) is 49.8 Å². The summed E-state index contributed by atoms with van der Waals surface area (Å²) in [5.74, 6) is -2.02. The molecule has 1 aliphatic heterocycles. The Morgan fingerprint density at radius 2 is 1.64 bits per heavy atom. The minimum atomic E-state index is -4.57. The van der Waals surface area contributed by atoms with Crippen molar-refractivity contribution in [2.24, 2.45) is 0 Å². The Hall–Kier alpha value is -2.84. The van der Waals surface area contributed by atoms with E-state index >= 15 is 0 Å². The number of phenolic OH excluding ortho intramolecular Hbond substituents is 1. The summed E-state index contributed by atoms with van der Waals surface area (Å²) in [7, 11) is -6.22. The van der Waals surface area contributed by atoms with Gasteiger partial charge in [0.25, 0.3) is 12.3 Å². The molecule has 3 rings (SSSR count). The van der Waals surface area contributed by atoms with Crippen LogP contribution in [0.15, 0.2) is 30.3 Å². The van der Waals surface area contributed by atoms with Crippen LogP contribution < -0.4 is 17.3 Å². The van der Waals surface area contributed by atoms with Crippen molar-refractivity contribution in [3.8, 4) is 28.7 Å². The Labute approximate surface area is 209 Å². The van der Waals surface area contributed by atoms with Gasteiger partial charge in [0, 0.05) is 18.6 Å². The molecule has 0 radical (unpaired) electrons. The van der Waals surface area contributed by atoms with Crippen molar-refractivity contribution in [3.63, 3.8) is 0 Å². The van der Waals surface area contributed by atoms with E-state index in [4.69, 9.17) is 13.1 Å². The molecule has 0 aliphatic carbocycles. The highest BCUT2D eigenvalue weighted by atomic mass is 32.3. The van der Waals surface area contributed by atoms with E-state index in [1.165, 1.54) is 19.2 Å². The zero-order valence-electron chi connectivity index (χ0n) is 18.6. The van der Waals surface area contributed by atoms with Crippen LogP contribution in [0.4, 0.5) is 0 Å². The SMILES string of the molecule is COOOSOc1cc(O)c2c(c1)OC(Cc1ccc(OS(=O)(=O)OC)c(OS(=O)(=O)OC)c1)C2=O. The van der Waals surface area contributed by atoms with Crippen LogP contribution in [0.5, 0.6) is 28.7 Å². The number of hydrogen-bond acceptors (Lipinski definition) is 16. The first-order valence-corrected chi connectivity index (χ1v) is 12.7. The van der Waals surface area contributed by atoms with Gasteiger partial charge in [0.15, 0.2) is 17.6 Å². The maximum Gasteiger partial charge on any atom is 0.448 e. The number of ether oxygens (including phenoxy) is 1. The van der Waals surface area contributed by atoms with Gasteiger partial charge in [-0.2, -0.15) is 16.8 Å². The van der Waals surface area contributed by atoms with Crippen molar-refractivity contribution in [2.75, 3.05) is 21.3 Å². The van der Waals surface area contributed by atoms with E-state index in [1.807, 2.05) is 0 Å². The first-order valence-electron chi connectivity index (χ1n) is 9.40. The number of aromatic hydroxyl groups is 1. The normalized spacial score (nSPS) is 15.3. The summed E-state index contributed by atoms with van der Waals surface area (Å²) in [5.41, 5.74) is 0.178. The molecular weight excluding hydrogens is 552 g/mol. The molecule has 1 aliphatic rings. The summed E-state index contributed by atoms with van der Waals surface area (Å²) in [6.07, 6.45) is -1.27. The van der Waals surface area contributed by atoms with Crippen molar-refractivity contribution >= 4 is 38.9 Å². The molecule has 18 heteroatoms. The van der Waals surface area contributed by atoms with Crippen molar-refractivity contribution in [3.05, 3.63) is 41.5 Å². The molecule has 1 atom stereocenters. The van der Waals surface area contributed by atoms with Gasteiger partial charge >= 0.3 is 20.8 Å². The van der Waals surface area contributed by atoms with Crippen molar-refractivity contribution < 1.29 is 66.6 Å². The third-order valence-corrected chi connectivity index (χ3v) is 6.29. The van der Waals surface area contributed by atoms with Gasteiger partial charge in [-0.05, 0) is 17.7 Å². The second kappa shape index (κ2) is 11.5. The molecule has 0 spiro atoms. The van der Waals surface area contributed by atoms with E-state index in [-0.39, 0.29) is 29.0 Å². The minimum absolute atomic E-state index is 0.0119. The number of phenols is 1. The number of benzene rings is 2. The van der Waals surface area contributed by atoms with Crippen LogP contribution in [0, 0.1) is 0 Å². The molecule has 198 valence electrons. The van der Waals surface area contributed by atoms with Gasteiger partial charge in [0.2, 0.25) is 5.78 Å². The van der Waals surface area contributed by atoms with Gasteiger partial charge in [-0.25, -0.2) is 13.3 Å². The molecule has 0 bridgehead atoms. The third kappa shape index (κ3) is 6.89. The fraction of sp³-hybridized carbons (Fsp3) is 0.278. The van der Waals surface area contributed by atoms with Crippen molar-refractivity contribution in [1.29, 1.82) is 0 Å². The summed E-state index contributed by atoms with van der Waals surface area (Å²) >= 11 is 0.368. The summed E-state index contributed by atoms with van der Waals surface area (Å²) in [5, 5.41) is 14.4. The third-order valence-electron chi connectivity index (χ3n) is 4.34. The maximum atomic E-state index is 12.8. The Kier molecular flexibility index (Phi) is 8.84. The van der Waals surface area contributed by atoms with Crippen LogP contribution in [0.2, 0.25) is 0 Å². The van der Waals surface area contributed by atoms with E-state index in [0.29, 0.717) is 12.3 Å². The molecule has 0 amide bonds. The molecule has 2 aromatic carbocycles. The van der Waals surface area contributed by atoms with Crippen LogP contribution in [0.1, 0.15) is 15.9 Å². The Balaban J connectivity index is 1.83. The number of carbonyl (C=O) groups is 1. The van der Waals surface area contributed by atoms with Crippen LogP contribution in [-0.4, -0.2) is 55.2 Å². The standard InChI is InChI=1S/C18H18O15S3/c1-25-32-33-34-29-11-8-12(19)17-15(9-11)28-16(18(17)20)7-10-4-5-13(30-35(21,22)26-2)14(6-10)31-36(23,24)27-3/h4-6,8-9,16,19H,7H2,1-3H3. The molecule has 36 heavy (non-hydrogen) atoms. The van der Waals surface area contributed by atoms with Crippen LogP contribution in [0.3, 0.4) is 0 Å². The lowest BCUT2D eigenvalue weighted by Crippen LogP contribution is -2.23. The van der Waals surface area contributed by atoms with E-state index in [1.54, 1.807) is 0 Å². The van der Waals surface area contributed by atoms with Gasteiger partial charge < -0.3 is 22.4 Å². The minimum Gasteiger partial charge on any atom is -0.507 e. The highest BCUT2D eigenvalue weighted by Gasteiger charge is 2.36. The predicted molar refractivity (Wildman–Crippen MR) is 118 cm³/mol. The fourth-order valence-electron chi connectivity index (χ4n) is 2.87. The van der Waals surface area contributed by atoms with Gasteiger partial charge in [-0.3, -0.25) is 4.79 Å². The van der Waals surface area contributed by atoms with E-state index in [2.05, 4.69) is 26.8 Å². The smallest absolute Gasteiger partial charge is 0.448 e. The summed E-state index contributed by atoms with van der Waals surface area (Å²) in [6, 6.07) is 6.00. The molecule has 2 aromatic rings. The highest BCUT2D eigenvalue weighted by molar-refractivity contribution is 7.90. The molecule has 0 aromatic heterocycles. The summed E-state index contributed by atoms with van der Waals surface area (Å²) in [4.78, 5) is 17.0. The number of fused-ring (bicyclic) bond motifs is 1. The van der Waals surface area contributed by atoms with E-state index < -0.39 is 49.9 Å². The van der Waals surface area contributed by atoms with E-state index in [0.717, 1.165) is 32.4 Å². The fourth-order valence-corrected chi connectivity index (χ4v) is 4.00. The lowest BCUT2D eigenvalue weighted by Gasteiger charge is -2.14.